The Hall–Kier alpha value is -2.57. The lowest BCUT2D eigenvalue weighted by Crippen LogP contribution is -2.35. The van der Waals surface area contributed by atoms with E-state index in [1.807, 2.05) is 12.1 Å². The molecular formula is C24H30ClN3O3. The van der Waals surface area contributed by atoms with Gasteiger partial charge in [0.05, 0.1) is 12.1 Å². The summed E-state index contributed by atoms with van der Waals surface area (Å²) in [4.78, 5) is 26.0. The van der Waals surface area contributed by atoms with Gasteiger partial charge in [0.25, 0.3) is 0 Å². The van der Waals surface area contributed by atoms with E-state index in [1.165, 1.54) is 12.5 Å². The van der Waals surface area contributed by atoms with Crippen molar-refractivity contribution in [2.24, 2.45) is 5.92 Å². The fourth-order valence-corrected chi connectivity index (χ4v) is 4.25. The Morgan fingerprint density at radius 2 is 1.87 bits per heavy atom. The van der Waals surface area contributed by atoms with Gasteiger partial charge in [0.1, 0.15) is 5.75 Å². The molecule has 0 spiro atoms. The van der Waals surface area contributed by atoms with Crippen LogP contribution in [0.5, 0.6) is 5.75 Å². The maximum Gasteiger partial charge on any atom is 0.224 e. The van der Waals surface area contributed by atoms with E-state index in [9.17, 15) is 9.59 Å². The Balaban J connectivity index is 1.44. The topological polar surface area (TPSA) is 70.7 Å². The number of methoxy groups -OCH3 is 1. The largest absolute Gasteiger partial charge is 0.495 e. The third-order valence-electron chi connectivity index (χ3n) is 5.50. The third kappa shape index (κ3) is 7.26. The highest BCUT2D eigenvalue weighted by atomic mass is 35.5. The number of carbonyl (C=O) groups excluding carboxylic acids is 2. The van der Waals surface area contributed by atoms with E-state index in [0.29, 0.717) is 28.8 Å². The zero-order valence-electron chi connectivity index (χ0n) is 18.1. The zero-order valence-corrected chi connectivity index (χ0v) is 18.9. The van der Waals surface area contributed by atoms with Gasteiger partial charge in [-0.1, -0.05) is 23.7 Å². The van der Waals surface area contributed by atoms with E-state index < -0.39 is 0 Å². The first-order chi connectivity index (χ1) is 14.9. The van der Waals surface area contributed by atoms with Gasteiger partial charge in [-0.25, -0.2) is 0 Å². The number of hydrogen-bond acceptors (Lipinski definition) is 4. The van der Waals surface area contributed by atoms with Crippen molar-refractivity contribution >= 4 is 34.8 Å². The smallest absolute Gasteiger partial charge is 0.224 e. The van der Waals surface area contributed by atoms with Crippen molar-refractivity contribution in [3.8, 4) is 5.75 Å². The second-order valence-electron chi connectivity index (χ2n) is 8.06. The number of nitrogens with one attached hydrogen (secondary N) is 2. The fourth-order valence-electron chi connectivity index (χ4n) is 3.99. The number of carbonyl (C=O) groups is 2. The van der Waals surface area contributed by atoms with Gasteiger partial charge in [0, 0.05) is 37.8 Å². The molecule has 1 heterocycles. The highest BCUT2D eigenvalue weighted by Crippen LogP contribution is 2.28. The number of amides is 2. The molecule has 1 atom stereocenters. The lowest BCUT2D eigenvalue weighted by molar-refractivity contribution is -0.116. The van der Waals surface area contributed by atoms with Crippen molar-refractivity contribution in [1.82, 2.24) is 4.90 Å². The highest BCUT2D eigenvalue weighted by molar-refractivity contribution is 6.32. The summed E-state index contributed by atoms with van der Waals surface area (Å²) >= 11 is 6.12. The standard InChI is InChI=1S/C24H30ClN3O3/c1-17(29)26-20-8-5-19(6-9-20)16-28-13-3-4-18(15-28)7-12-24(30)27-21-10-11-23(31-2)22(25)14-21/h5-6,8-11,14,18H,3-4,7,12-13,15-16H2,1-2H3,(H,26,29)(H,27,30)/t18-/m1/s1. The first-order valence-electron chi connectivity index (χ1n) is 10.6. The molecule has 3 rings (SSSR count). The summed E-state index contributed by atoms with van der Waals surface area (Å²) in [6.07, 6.45) is 3.66. The van der Waals surface area contributed by atoms with Gasteiger partial charge >= 0.3 is 0 Å². The quantitative estimate of drug-likeness (QED) is 0.606. The number of benzene rings is 2. The summed E-state index contributed by atoms with van der Waals surface area (Å²) < 4.78 is 5.14. The van der Waals surface area contributed by atoms with Crippen molar-refractivity contribution in [3.63, 3.8) is 0 Å². The van der Waals surface area contributed by atoms with Crippen LogP contribution in [0.1, 0.15) is 38.2 Å². The molecule has 1 aliphatic rings. The minimum absolute atomic E-state index is 0.00640. The number of rotatable bonds is 8. The number of halogens is 1. The second-order valence-corrected chi connectivity index (χ2v) is 8.46. The molecular weight excluding hydrogens is 414 g/mol. The summed E-state index contributed by atoms with van der Waals surface area (Å²) in [5.41, 5.74) is 2.73. The summed E-state index contributed by atoms with van der Waals surface area (Å²) in [7, 11) is 1.56. The predicted octanol–water partition coefficient (Wildman–Crippen LogP) is 4.94. The number of hydrogen-bond donors (Lipinski definition) is 2. The van der Waals surface area contributed by atoms with Crippen molar-refractivity contribution in [1.29, 1.82) is 0 Å². The van der Waals surface area contributed by atoms with E-state index in [1.54, 1.807) is 25.3 Å². The van der Waals surface area contributed by atoms with E-state index in [0.717, 1.165) is 44.6 Å². The van der Waals surface area contributed by atoms with Crippen LogP contribution in [0, 0.1) is 5.92 Å². The highest BCUT2D eigenvalue weighted by Gasteiger charge is 2.21. The molecule has 0 radical (unpaired) electrons. The number of likely N-dealkylation sites (tertiary alicyclic amines) is 1. The van der Waals surface area contributed by atoms with Crippen molar-refractivity contribution in [2.45, 2.75) is 39.2 Å². The van der Waals surface area contributed by atoms with Crippen LogP contribution in [-0.2, 0) is 16.1 Å². The average molecular weight is 444 g/mol. The summed E-state index contributed by atoms with van der Waals surface area (Å²) in [5.74, 6) is 1.04. The molecule has 0 saturated carbocycles. The molecule has 1 aliphatic heterocycles. The summed E-state index contributed by atoms with van der Waals surface area (Å²) in [5, 5.41) is 6.19. The molecule has 0 bridgehead atoms. The molecule has 2 N–H and O–H groups in total. The Morgan fingerprint density at radius 1 is 1.13 bits per heavy atom. The Kier molecular flexibility index (Phi) is 8.32. The lowest BCUT2D eigenvalue weighted by atomic mass is 9.93. The number of piperidine rings is 1. The molecule has 2 aromatic carbocycles. The van der Waals surface area contributed by atoms with Gasteiger partial charge < -0.3 is 15.4 Å². The van der Waals surface area contributed by atoms with Crippen LogP contribution >= 0.6 is 11.6 Å². The SMILES string of the molecule is COc1ccc(NC(=O)CC[C@H]2CCCN(Cc3ccc(NC(C)=O)cc3)C2)cc1Cl. The minimum atomic E-state index is -0.0641. The van der Waals surface area contributed by atoms with Crippen molar-refractivity contribution in [2.75, 3.05) is 30.8 Å². The average Bonchev–Trinajstić information content (AvgIpc) is 2.74. The van der Waals surface area contributed by atoms with Crippen LogP contribution < -0.4 is 15.4 Å². The maximum atomic E-state index is 12.4. The Morgan fingerprint density at radius 3 is 2.55 bits per heavy atom. The molecule has 1 fully saturated rings. The van der Waals surface area contributed by atoms with Gasteiger partial charge in [-0.2, -0.15) is 0 Å². The number of nitrogens with zero attached hydrogens (tertiary/aromatic N) is 1. The van der Waals surface area contributed by atoms with Gasteiger partial charge in [0.2, 0.25) is 11.8 Å². The van der Waals surface area contributed by atoms with Crippen LogP contribution in [0.3, 0.4) is 0 Å². The van der Waals surface area contributed by atoms with Gasteiger partial charge in [-0.15, -0.1) is 0 Å². The van der Waals surface area contributed by atoms with Crippen LogP contribution in [0.15, 0.2) is 42.5 Å². The summed E-state index contributed by atoms with van der Waals surface area (Å²) in [6.45, 7) is 4.46. The number of anilines is 2. The summed E-state index contributed by atoms with van der Waals surface area (Å²) in [6, 6.07) is 13.2. The molecule has 1 saturated heterocycles. The third-order valence-corrected chi connectivity index (χ3v) is 5.79. The molecule has 7 heteroatoms. The maximum absolute atomic E-state index is 12.4. The van der Waals surface area contributed by atoms with Crippen molar-refractivity contribution < 1.29 is 14.3 Å². The molecule has 0 aliphatic carbocycles. The van der Waals surface area contributed by atoms with Gasteiger partial charge in [-0.05, 0) is 67.6 Å². The minimum Gasteiger partial charge on any atom is -0.495 e. The molecule has 0 unspecified atom stereocenters. The predicted molar refractivity (Wildman–Crippen MR) is 125 cm³/mol. The Bertz CT molecular complexity index is 901. The molecule has 2 aromatic rings. The zero-order chi connectivity index (χ0) is 22.2. The second kappa shape index (κ2) is 11.2. The molecule has 31 heavy (non-hydrogen) atoms. The molecule has 166 valence electrons. The van der Waals surface area contributed by atoms with Crippen LogP contribution in [0.4, 0.5) is 11.4 Å². The van der Waals surface area contributed by atoms with Gasteiger partial charge in [-0.3, -0.25) is 14.5 Å². The molecule has 2 amide bonds. The van der Waals surface area contributed by atoms with E-state index in [-0.39, 0.29) is 11.8 Å². The number of ether oxygens (including phenoxy) is 1. The first kappa shape index (κ1) is 23.1. The normalized spacial score (nSPS) is 16.5. The van der Waals surface area contributed by atoms with Crippen molar-refractivity contribution in [3.05, 3.63) is 53.1 Å². The van der Waals surface area contributed by atoms with Crippen LogP contribution in [0.25, 0.3) is 0 Å². The van der Waals surface area contributed by atoms with E-state index in [2.05, 4.69) is 27.7 Å². The van der Waals surface area contributed by atoms with Crippen LogP contribution in [-0.4, -0.2) is 36.9 Å². The van der Waals surface area contributed by atoms with E-state index >= 15 is 0 Å². The first-order valence-corrected chi connectivity index (χ1v) is 11.0. The fraction of sp³-hybridized carbons (Fsp3) is 0.417. The van der Waals surface area contributed by atoms with Crippen LogP contribution in [0.2, 0.25) is 5.02 Å². The van der Waals surface area contributed by atoms with E-state index in [4.69, 9.17) is 16.3 Å². The molecule has 0 aromatic heterocycles. The van der Waals surface area contributed by atoms with Gasteiger partial charge in [0.15, 0.2) is 0 Å². The lowest BCUT2D eigenvalue weighted by Gasteiger charge is -2.32. The molecule has 6 nitrogen and oxygen atoms in total. The Labute approximate surface area is 188 Å². The monoisotopic (exact) mass is 443 g/mol.